The van der Waals surface area contributed by atoms with Crippen LogP contribution in [0.5, 0.6) is 0 Å². The highest BCUT2D eigenvalue weighted by atomic mass is 19.3. The van der Waals surface area contributed by atoms with E-state index in [1.807, 2.05) is 0 Å². The van der Waals surface area contributed by atoms with Crippen LogP contribution in [0, 0.1) is 11.8 Å². The van der Waals surface area contributed by atoms with Crippen molar-refractivity contribution in [3.63, 3.8) is 0 Å². The first-order valence-electron chi connectivity index (χ1n) is 6.62. The summed E-state index contributed by atoms with van der Waals surface area (Å²) in [5.41, 5.74) is -0.594. The van der Waals surface area contributed by atoms with E-state index in [-0.39, 0.29) is 25.3 Å². The number of aliphatic hydroxyl groups is 1. The van der Waals surface area contributed by atoms with Gasteiger partial charge in [0.2, 0.25) is 0 Å². The van der Waals surface area contributed by atoms with Crippen molar-refractivity contribution in [1.29, 1.82) is 0 Å². The molecule has 0 aromatic heterocycles. The van der Waals surface area contributed by atoms with Crippen molar-refractivity contribution in [1.82, 2.24) is 4.90 Å². The number of nitrogens with zero attached hydrogens (tertiary/aromatic N) is 1. The van der Waals surface area contributed by atoms with Gasteiger partial charge in [0.05, 0.1) is 12.6 Å². The van der Waals surface area contributed by atoms with E-state index < -0.39 is 29.6 Å². The number of carbonyl (C=O) groups excluding carboxylic acids is 1. The van der Waals surface area contributed by atoms with Gasteiger partial charge in [0.25, 0.3) is 5.92 Å². The number of hydrogen-bond acceptors (Lipinski definition) is 3. The Kier molecular flexibility index (Phi) is 3.49. The van der Waals surface area contributed by atoms with Gasteiger partial charge < -0.3 is 14.7 Å². The molecule has 0 spiro atoms. The third kappa shape index (κ3) is 3.55. The number of alkyl halides is 2. The Morgan fingerprint density at radius 1 is 1.42 bits per heavy atom. The van der Waals surface area contributed by atoms with Crippen LogP contribution >= 0.6 is 0 Å². The minimum atomic E-state index is -2.57. The number of carbonyl (C=O) groups is 1. The molecule has 0 bridgehead atoms. The summed E-state index contributed by atoms with van der Waals surface area (Å²) >= 11 is 0. The Hall–Kier alpha value is -0.910. The minimum Gasteiger partial charge on any atom is -0.444 e. The predicted molar refractivity (Wildman–Crippen MR) is 65.0 cm³/mol. The van der Waals surface area contributed by atoms with Gasteiger partial charge in [0.15, 0.2) is 0 Å². The largest absolute Gasteiger partial charge is 0.444 e. The first kappa shape index (κ1) is 14.5. The topological polar surface area (TPSA) is 49.8 Å². The summed E-state index contributed by atoms with van der Waals surface area (Å²) in [6.45, 7) is 5.75. The van der Waals surface area contributed by atoms with Gasteiger partial charge >= 0.3 is 6.09 Å². The SMILES string of the molecule is CC(C)(C)OC(=O)N1C[C@@H](CC2CC2(F)F)[C@H](O)C1. The zero-order valence-corrected chi connectivity index (χ0v) is 11.5. The van der Waals surface area contributed by atoms with Crippen LogP contribution in [0.2, 0.25) is 0 Å². The molecule has 0 aromatic rings. The molecule has 4 nitrogen and oxygen atoms in total. The zero-order valence-electron chi connectivity index (χ0n) is 11.5. The fraction of sp³-hybridized carbons (Fsp3) is 0.923. The van der Waals surface area contributed by atoms with Crippen LogP contribution in [-0.4, -0.2) is 46.8 Å². The molecule has 1 saturated heterocycles. The number of rotatable bonds is 2. The van der Waals surface area contributed by atoms with Crippen LogP contribution in [0.3, 0.4) is 0 Å². The molecule has 2 rings (SSSR count). The molecule has 110 valence electrons. The lowest BCUT2D eigenvalue weighted by Crippen LogP contribution is -2.35. The number of amides is 1. The summed E-state index contributed by atoms with van der Waals surface area (Å²) < 4.78 is 30.9. The zero-order chi connectivity index (χ0) is 14.4. The van der Waals surface area contributed by atoms with Crippen LogP contribution in [0.15, 0.2) is 0 Å². The Bertz CT molecular complexity index is 367. The van der Waals surface area contributed by atoms with Crippen molar-refractivity contribution in [2.75, 3.05) is 13.1 Å². The molecule has 1 aliphatic carbocycles. The molecule has 2 fully saturated rings. The van der Waals surface area contributed by atoms with Crippen LogP contribution in [0.1, 0.15) is 33.6 Å². The van der Waals surface area contributed by atoms with Gasteiger partial charge in [-0.1, -0.05) is 0 Å². The summed E-state index contributed by atoms with van der Waals surface area (Å²) in [5.74, 6) is -3.48. The number of ether oxygens (including phenoxy) is 1. The molecule has 1 aliphatic heterocycles. The number of hydrogen-bond donors (Lipinski definition) is 1. The second-order valence-corrected chi connectivity index (χ2v) is 6.61. The molecular weight excluding hydrogens is 256 g/mol. The number of aliphatic hydroxyl groups excluding tert-OH is 1. The van der Waals surface area contributed by atoms with Gasteiger partial charge in [-0.2, -0.15) is 0 Å². The normalized spacial score (nSPS) is 33.4. The highest BCUT2D eigenvalue weighted by Crippen LogP contribution is 2.52. The second-order valence-electron chi connectivity index (χ2n) is 6.61. The fourth-order valence-electron chi connectivity index (χ4n) is 2.45. The van der Waals surface area contributed by atoms with Crippen LogP contribution < -0.4 is 0 Å². The molecule has 1 unspecified atom stereocenters. The van der Waals surface area contributed by atoms with E-state index in [0.717, 1.165) is 0 Å². The lowest BCUT2D eigenvalue weighted by molar-refractivity contribution is 0.0269. The fourth-order valence-corrected chi connectivity index (χ4v) is 2.45. The van der Waals surface area contributed by atoms with Crippen molar-refractivity contribution < 1.29 is 23.4 Å². The maximum Gasteiger partial charge on any atom is 0.410 e. The molecule has 0 radical (unpaired) electrons. The monoisotopic (exact) mass is 277 g/mol. The molecule has 0 aromatic carbocycles. The van der Waals surface area contributed by atoms with Gasteiger partial charge in [-0.3, -0.25) is 0 Å². The van der Waals surface area contributed by atoms with Crippen molar-refractivity contribution in [2.45, 2.75) is 51.2 Å². The average Bonchev–Trinajstić information content (AvgIpc) is 2.64. The van der Waals surface area contributed by atoms with Crippen LogP contribution in [-0.2, 0) is 4.74 Å². The van der Waals surface area contributed by atoms with Crippen LogP contribution in [0.4, 0.5) is 13.6 Å². The molecule has 19 heavy (non-hydrogen) atoms. The third-order valence-corrected chi connectivity index (χ3v) is 3.60. The molecule has 6 heteroatoms. The molecule has 1 amide bonds. The number of β-amino-alcohol motifs (C(OH)–C–C–N with tert-alkyl or cyclic N) is 1. The maximum absolute atomic E-state index is 12.9. The van der Waals surface area contributed by atoms with E-state index in [0.29, 0.717) is 6.54 Å². The lowest BCUT2D eigenvalue weighted by atomic mass is 9.99. The third-order valence-electron chi connectivity index (χ3n) is 3.60. The molecule has 1 saturated carbocycles. The van der Waals surface area contributed by atoms with E-state index in [4.69, 9.17) is 4.74 Å². The minimum absolute atomic E-state index is 0.0946. The molecule has 1 heterocycles. The van der Waals surface area contributed by atoms with Gasteiger partial charge in [0.1, 0.15) is 5.60 Å². The molecule has 3 atom stereocenters. The Morgan fingerprint density at radius 2 is 2.00 bits per heavy atom. The van der Waals surface area contributed by atoms with Gasteiger partial charge in [0, 0.05) is 24.8 Å². The predicted octanol–water partition coefficient (Wildman–Crippen LogP) is 2.26. The first-order chi connectivity index (χ1) is 8.58. The van der Waals surface area contributed by atoms with Crippen molar-refractivity contribution >= 4 is 6.09 Å². The smallest absolute Gasteiger partial charge is 0.410 e. The van der Waals surface area contributed by atoms with Gasteiger partial charge in [-0.15, -0.1) is 0 Å². The van der Waals surface area contributed by atoms with Crippen molar-refractivity contribution in [3.8, 4) is 0 Å². The summed E-state index contributed by atoms with van der Waals surface area (Å²) in [5, 5.41) is 9.86. The summed E-state index contributed by atoms with van der Waals surface area (Å²) in [4.78, 5) is 13.2. The highest BCUT2D eigenvalue weighted by Gasteiger charge is 2.58. The quantitative estimate of drug-likeness (QED) is 0.842. The standard InChI is InChI=1S/C13H21F2NO3/c1-12(2,3)19-11(18)16-6-8(10(17)7-16)4-9-5-13(9,14)15/h8-10,17H,4-7H2,1-3H3/t8-,9?,10-/m1/s1. The van der Waals surface area contributed by atoms with E-state index >= 15 is 0 Å². The van der Waals surface area contributed by atoms with Gasteiger partial charge in [-0.25, -0.2) is 13.6 Å². The Labute approximate surface area is 111 Å². The first-order valence-corrected chi connectivity index (χ1v) is 6.62. The maximum atomic E-state index is 12.9. The lowest BCUT2D eigenvalue weighted by Gasteiger charge is -2.24. The average molecular weight is 277 g/mol. The van der Waals surface area contributed by atoms with Crippen molar-refractivity contribution in [2.24, 2.45) is 11.8 Å². The van der Waals surface area contributed by atoms with Crippen LogP contribution in [0.25, 0.3) is 0 Å². The van der Waals surface area contributed by atoms with E-state index in [9.17, 15) is 18.7 Å². The summed E-state index contributed by atoms with van der Waals surface area (Å²) in [6, 6.07) is 0. The van der Waals surface area contributed by atoms with E-state index in [1.165, 1.54) is 4.90 Å². The van der Waals surface area contributed by atoms with E-state index in [2.05, 4.69) is 0 Å². The van der Waals surface area contributed by atoms with E-state index in [1.54, 1.807) is 20.8 Å². The summed E-state index contributed by atoms with van der Waals surface area (Å²) in [7, 11) is 0. The molecule has 2 aliphatic rings. The Morgan fingerprint density at radius 3 is 2.47 bits per heavy atom. The second kappa shape index (κ2) is 4.58. The summed E-state index contributed by atoms with van der Waals surface area (Å²) in [6.07, 6.45) is -1.05. The molecular formula is C13H21F2NO3. The Balaban J connectivity index is 1.85. The number of likely N-dealkylation sites (tertiary alicyclic amines) is 1. The number of halogens is 2. The van der Waals surface area contributed by atoms with Crippen molar-refractivity contribution in [3.05, 3.63) is 0 Å². The molecule has 1 N–H and O–H groups in total. The van der Waals surface area contributed by atoms with Gasteiger partial charge in [-0.05, 0) is 27.2 Å². The highest BCUT2D eigenvalue weighted by molar-refractivity contribution is 5.68.